The first kappa shape index (κ1) is 11.2. The van der Waals surface area contributed by atoms with Crippen molar-refractivity contribution in [2.75, 3.05) is 0 Å². The number of allylic oxidation sites excluding steroid dienone is 3. The number of carbonyl (C=O) groups is 2. The number of rotatable bonds is 2. The molecule has 0 aromatic carbocycles. The quantitative estimate of drug-likeness (QED) is 0.722. The van der Waals surface area contributed by atoms with Crippen molar-refractivity contribution in [3.8, 4) is 0 Å². The van der Waals surface area contributed by atoms with Crippen molar-refractivity contribution in [1.29, 1.82) is 0 Å². The average molecular weight is 208 g/mol. The van der Waals surface area contributed by atoms with E-state index < -0.39 is 17.4 Å². The van der Waals surface area contributed by atoms with E-state index in [4.69, 9.17) is 10.2 Å². The molecule has 0 fully saturated rings. The van der Waals surface area contributed by atoms with Crippen LogP contribution in [0.25, 0.3) is 0 Å². The van der Waals surface area contributed by atoms with Crippen LogP contribution in [0.5, 0.6) is 0 Å². The zero-order valence-electron chi connectivity index (χ0n) is 8.52. The van der Waals surface area contributed by atoms with Gasteiger partial charge in [0, 0.05) is 0 Å². The van der Waals surface area contributed by atoms with Gasteiger partial charge in [-0.05, 0) is 25.5 Å². The van der Waals surface area contributed by atoms with Crippen LogP contribution in [0.2, 0.25) is 0 Å². The van der Waals surface area contributed by atoms with Crippen molar-refractivity contribution in [3.63, 3.8) is 0 Å². The third kappa shape index (κ3) is 1.70. The number of aliphatic carboxylic acids is 2. The average Bonchev–Trinajstić information content (AvgIpc) is 2.16. The van der Waals surface area contributed by atoms with Crippen molar-refractivity contribution >= 4 is 11.9 Å². The van der Waals surface area contributed by atoms with E-state index in [9.17, 15) is 9.59 Å². The van der Waals surface area contributed by atoms with E-state index in [1.54, 1.807) is 6.92 Å². The van der Waals surface area contributed by atoms with Gasteiger partial charge in [-0.1, -0.05) is 18.2 Å². The number of carboxylic acid groups (broad SMARTS) is 2. The van der Waals surface area contributed by atoms with E-state index in [2.05, 4.69) is 0 Å². The summed E-state index contributed by atoms with van der Waals surface area (Å²) >= 11 is 0. The first-order valence-corrected chi connectivity index (χ1v) is 4.47. The molecule has 0 spiro atoms. The van der Waals surface area contributed by atoms with Gasteiger partial charge in [-0.2, -0.15) is 0 Å². The van der Waals surface area contributed by atoms with Crippen LogP contribution in [0.15, 0.2) is 35.5 Å². The van der Waals surface area contributed by atoms with Gasteiger partial charge in [0.2, 0.25) is 0 Å². The van der Waals surface area contributed by atoms with Crippen molar-refractivity contribution < 1.29 is 19.8 Å². The Morgan fingerprint density at radius 2 is 2.00 bits per heavy atom. The molecule has 4 nitrogen and oxygen atoms in total. The van der Waals surface area contributed by atoms with Gasteiger partial charge < -0.3 is 10.2 Å². The number of hydrogen-bond acceptors (Lipinski definition) is 2. The summed E-state index contributed by atoms with van der Waals surface area (Å²) in [7, 11) is 0. The maximum Gasteiger partial charge on any atom is 0.335 e. The van der Waals surface area contributed by atoms with Gasteiger partial charge in [-0.25, -0.2) is 4.79 Å². The highest BCUT2D eigenvalue weighted by Crippen LogP contribution is 2.37. The Kier molecular flexibility index (Phi) is 2.79. The van der Waals surface area contributed by atoms with E-state index in [1.165, 1.54) is 31.2 Å². The topological polar surface area (TPSA) is 74.6 Å². The molecule has 0 aromatic heterocycles. The number of hydrogen-bond donors (Lipinski definition) is 2. The van der Waals surface area contributed by atoms with Crippen LogP contribution in [-0.4, -0.2) is 22.2 Å². The van der Waals surface area contributed by atoms with Gasteiger partial charge >= 0.3 is 11.9 Å². The lowest BCUT2D eigenvalue weighted by atomic mass is 9.75. The van der Waals surface area contributed by atoms with Gasteiger partial charge in [0.15, 0.2) is 0 Å². The predicted molar refractivity (Wildman–Crippen MR) is 54.4 cm³/mol. The van der Waals surface area contributed by atoms with Crippen molar-refractivity contribution in [2.45, 2.75) is 13.8 Å². The van der Waals surface area contributed by atoms with Gasteiger partial charge in [-0.3, -0.25) is 4.79 Å². The molecule has 15 heavy (non-hydrogen) atoms. The highest BCUT2D eigenvalue weighted by atomic mass is 16.4. The second-order valence-corrected chi connectivity index (χ2v) is 3.45. The third-order valence-electron chi connectivity index (χ3n) is 2.51. The molecule has 0 saturated carbocycles. The summed E-state index contributed by atoms with van der Waals surface area (Å²) < 4.78 is 0. The van der Waals surface area contributed by atoms with Crippen LogP contribution in [-0.2, 0) is 9.59 Å². The highest BCUT2D eigenvalue weighted by molar-refractivity contribution is 5.97. The largest absolute Gasteiger partial charge is 0.480 e. The molecule has 1 atom stereocenters. The summed E-state index contributed by atoms with van der Waals surface area (Å²) in [6.45, 7) is 3.11. The Labute approximate surface area is 87.2 Å². The van der Waals surface area contributed by atoms with Crippen LogP contribution >= 0.6 is 0 Å². The Morgan fingerprint density at radius 3 is 2.40 bits per heavy atom. The Balaban J connectivity index is 3.31. The van der Waals surface area contributed by atoms with Gasteiger partial charge in [0.1, 0.15) is 5.41 Å². The summed E-state index contributed by atoms with van der Waals surface area (Å²) in [5.41, 5.74) is -0.910. The van der Waals surface area contributed by atoms with Crippen LogP contribution in [0.1, 0.15) is 13.8 Å². The number of carboxylic acids is 2. The SMILES string of the molecule is CC=C1C(C(=O)O)=CC=CC1(C)C(=O)O. The predicted octanol–water partition coefficient (Wildman–Crippen LogP) is 1.60. The lowest BCUT2D eigenvalue weighted by Crippen LogP contribution is -2.31. The molecular formula is C11H12O4. The van der Waals surface area contributed by atoms with Crippen LogP contribution in [0.3, 0.4) is 0 Å². The van der Waals surface area contributed by atoms with E-state index in [0.29, 0.717) is 5.57 Å². The molecule has 1 rings (SSSR count). The summed E-state index contributed by atoms with van der Waals surface area (Å²) in [6, 6.07) is 0. The third-order valence-corrected chi connectivity index (χ3v) is 2.51. The zero-order chi connectivity index (χ0) is 11.6. The summed E-state index contributed by atoms with van der Waals surface area (Å²) in [6.07, 6.45) is 5.88. The van der Waals surface area contributed by atoms with Gasteiger partial charge in [0.25, 0.3) is 0 Å². The molecule has 2 N–H and O–H groups in total. The maximum absolute atomic E-state index is 11.1. The normalized spacial score (nSPS) is 27.6. The van der Waals surface area contributed by atoms with E-state index >= 15 is 0 Å². The molecule has 0 bridgehead atoms. The van der Waals surface area contributed by atoms with E-state index in [0.717, 1.165) is 0 Å². The first-order valence-electron chi connectivity index (χ1n) is 4.47. The minimum Gasteiger partial charge on any atom is -0.480 e. The minimum absolute atomic E-state index is 0.0323. The molecule has 1 aliphatic carbocycles. The van der Waals surface area contributed by atoms with Crippen LogP contribution in [0.4, 0.5) is 0 Å². The monoisotopic (exact) mass is 208 g/mol. The van der Waals surface area contributed by atoms with E-state index in [-0.39, 0.29) is 5.57 Å². The van der Waals surface area contributed by atoms with Crippen molar-refractivity contribution in [3.05, 3.63) is 35.5 Å². The summed E-state index contributed by atoms with van der Waals surface area (Å²) in [5, 5.41) is 18.0. The molecule has 0 saturated heterocycles. The fourth-order valence-electron chi connectivity index (χ4n) is 1.62. The Bertz CT molecular complexity index is 401. The van der Waals surface area contributed by atoms with Crippen molar-refractivity contribution in [2.24, 2.45) is 5.41 Å². The summed E-state index contributed by atoms with van der Waals surface area (Å²) in [5.74, 6) is -2.17. The lowest BCUT2D eigenvalue weighted by Gasteiger charge is -2.27. The second-order valence-electron chi connectivity index (χ2n) is 3.45. The van der Waals surface area contributed by atoms with E-state index in [1.807, 2.05) is 0 Å². The maximum atomic E-state index is 11.1. The van der Waals surface area contributed by atoms with Gasteiger partial charge in [0.05, 0.1) is 5.57 Å². The molecule has 0 aromatic rings. The Hall–Kier alpha value is -1.84. The molecule has 0 amide bonds. The molecule has 0 aliphatic heterocycles. The molecule has 4 heteroatoms. The lowest BCUT2D eigenvalue weighted by molar-refractivity contribution is -0.143. The smallest absolute Gasteiger partial charge is 0.335 e. The fourth-order valence-corrected chi connectivity index (χ4v) is 1.62. The molecule has 80 valence electrons. The minimum atomic E-state index is -1.25. The highest BCUT2D eigenvalue weighted by Gasteiger charge is 2.39. The molecule has 0 radical (unpaired) electrons. The fraction of sp³-hybridized carbons (Fsp3) is 0.273. The Morgan fingerprint density at radius 1 is 1.40 bits per heavy atom. The van der Waals surface area contributed by atoms with Crippen molar-refractivity contribution in [1.82, 2.24) is 0 Å². The van der Waals surface area contributed by atoms with Crippen LogP contribution < -0.4 is 0 Å². The standard InChI is InChI=1S/C11H12O4/c1-3-8-7(9(12)13)5-4-6-11(8,2)10(14)15/h3-6H,1-2H3,(H,12,13)(H,14,15). The second kappa shape index (κ2) is 3.73. The van der Waals surface area contributed by atoms with Gasteiger partial charge in [-0.15, -0.1) is 0 Å². The van der Waals surface area contributed by atoms with Crippen LogP contribution in [0, 0.1) is 5.41 Å². The summed E-state index contributed by atoms with van der Waals surface area (Å²) in [4.78, 5) is 22.0. The first-order chi connectivity index (χ1) is 6.93. The molecule has 1 unspecified atom stereocenters. The zero-order valence-corrected chi connectivity index (χ0v) is 8.52. The molecule has 0 heterocycles. The molecule has 1 aliphatic rings. The molecular weight excluding hydrogens is 196 g/mol.